The first-order valence-corrected chi connectivity index (χ1v) is 8.32. The summed E-state index contributed by atoms with van der Waals surface area (Å²) in [5.41, 5.74) is 0. The van der Waals surface area contributed by atoms with Crippen molar-refractivity contribution in [3.63, 3.8) is 0 Å². The van der Waals surface area contributed by atoms with E-state index < -0.39 is 27.9 Å². The summed E-state index contributed by atoms with van der Waals surface area (Å²) in [6.45, 7) is 5.37. The Labute approximate surface area is 120 Å². The smallest absolute Gasteiger partial charge is 0.303 e. The van der Waals surface area contributed by atoms with Crippen molar-refractivity contribution in [1.82, 2.24) is 10.0 Å². The second kappa shape index (κ2) is 8.91. The third kappa shape index (κ3) is 8.87. The largest absolute Gasteiger partial charge is 0.481 e. The maximum atomic E-state index is 11.7. The number of sulfonamides is 1. The average molecular weight is 308 g/mol. The van der Waals surface area contributed by atoms with Gasteiger partial charge >= 0.3 is 5.97 Å². The number of carbonyl (C=O) groups excluding carboxylic acids is 1. The zero-order valence-electron chi connectivity index (χ0n) is 12.2. The summed E-state index contributed by atoms with van der Waals surface area (Å²) in [5.74, 6) is -1.27. The average Bonchev–Trinajstić information content (AvgIpc) is 2.32. The summed E-state index contributed by atoms with van der Waals surface area (Å²) in [7, 11) is -3.42. The molecule has 0 spiro atoms. The molecule has 7 nitrogen and oxygen atoms in total. The topological polar surface area (TPSA) is 113 Å². The van der Waals surface area contributed by atoms with E-state index in [1.54, 1.807) is 6.92 Å². The Kier molecular flexibility index (Phi) is 8.40. The fraction of sp³-hybridized carbons (Fsp3) is 0.833. The third-order valence-electron chi connectivity index (χ3n) is 2.70. The van der Waals surface area contributed by atoms with E-state index in [1.807, 2.05) is 6.92 Å². The third-order valence-corrected chi connectivity index (χ3v) is 4.36. The molecule has 0 aliphatic rings. The Morgan fingerprint density at radius 2 is 1.85 bits per heavy atom. The molecule has 20 heavy (non-hydrogen) atoms. The van der Waals surface area contributed by atoms with Crippen LogP contribution in [0.3, 0.4) is 0 Å². The molecule has 0 aliphatic carbocycles. The Morgan fingerprint density at radius 1 is 1.25 bits per heavy atom. The molecule has 3 N–H and O–H groups in total. The highest BCUT2D eigenvalue weighted by atomic mass is 32.2. The van der Waals surface area contributed by atoms with Crippen molar-refractivity contribution in [2.24, 2.45) is 5.92 Å². The maximum absolute atomic E-state index is 11.7. The molecule has 0 fully saturated rings. The van der Waals surface area contributed by atoms with Crippen molar-refractivity contribution >= 4 is 21.9 Å². The maximum Gasteiger partial charge on any atom is 0.303 e. The highest BCUT2D eigenvalue weighted by Gasteiger charge is 2.19. The van der Waals surface area contributed by atoms with Gasteiger partial charge in [-0.3, -0.25) is 9.59 Å². The van der Waals surface area contributed by atoms with E-state index in [1.165, 1.54) is 6.92 Å². The fourth-order valence-corrected chi connectivity index (χ4v) is 2.85. The van der Waals surface area contributed by atoms with E-state index in [2.05, 4.69) is 10.0 Å². The number of aliphatic carboxylic acids is 1. The van der Waals surface area contributed by atoms with Gasteiger partial charge in [0.1, 0.15) is 0 Å². The molecule has 0 bridgehead atoms. The van der Waals surface area contributed by atoms with Crippen molar-refractivity contribution in [2.75, 3.05) is 12.3 Å². The number of rotatable bonds is 10. The van der Waals surface area contributed by atoms with Gasteiger partial charge in [0.25, 0.3) is 0 Å². The lowest BCUT2D eigenvalue weighted by Gasteiger charge is -2.16. The van der Waals surface area contributed by atoms with Gasteiger partial charge in [0, 0.05) is 13.0 Å². The fourth-order valence-electron chi connectivity index (χ4n) is 1.55. The van der Waals surface area contributed by atoms with Gasteiger partial charge in [0.05, 0.1) is 11.8 Å². The zero-order chi connectivity index (χ0) is 15.8. The number of carboxylic acids is 1. The number of nitrogens with one attached hydrogen (secondary N) is 2. The Hall–Kier alpha value is -1.15. The molecule has 0 heterocycles. The van der Waals surface area contributed by atoms with Crippen molar-refractivity contribution < 1.29 is 23.1 Å². The molecule has 2 unspecified atom stereocenters. The first-order chi connectivity index (χ1) is 9.18. The highest BCUT2D eigenvalue weighted by Crippen LogP contribution is 2.04. The summed E-state index contributed by atoms with van der Waals surface area (Å²) in [6.07, 6.45) is 0.997. The van der Waals surface area contributed by atoms with Crippen LogP contribution < -0.4 is 10.0 Å². The number of hydrogen-bond acceptors (Lipinski definition) is 4. The van der Waals surface area contributed by atoms with Crippen LogP contribution in [0.4, 0.5) is 0 Å². The molecule has 8 heteroatoms. The molecule has 0 saturated carbocycles. The summed E-state index contributed by atoms with van der Waals surface area (Å²) in [4.78, 5) is 22.1. The SMILES string of the molecule is CCCS(=O)(=O)NC(C)C(=O)NCC(C)CCC(=O)O. The summed E-state index contributed by atoms with van der Waals surface area (Å²) < 4.78 is 25.3. The minimum absolute atomic E-state index is 0.0143. The van der Waals surface area contributed by atoms with Crippen LogP contribution in [0.15, 0.2) is 0 Å². The van der Waals surface area contributed by atoms with Crippen LogP contribution >= 0.6 is 0 Å². The van der Waals surface area contributed by atoms with Gasteiger partial charge in [-0.25, -0.2) is 13.1 Å². The van der Waals surface area contributed by atoms with Gasteiger partial charge < -0.3 is 10.4 Å². The summed E-state index contributed by atoms with van der Waals surface area (Å²) >= 11 is 0. The molecule has 0 saturated heterocycles. The Balaban J connectivity index is 4.11. The van der Waals surface area contributed by atoms with E-state index in [4.69, 9.17) is 5.11 Å². The Bertz CT molecular complexity index is 422. The van der Waals surface area contributed by atoms with Crippen molar-refractivity contribution in [2.45, 2.75) is 46.1 Å². The second-order valence-corrected chi connectivity index (χ2v) is 6.81. The van der Waals surface area contributed by atoms with Crippen LogP contribution in [0.1, 0.15) is 40.0 Å². The first-order valence-electron chi connectivity index (χ1n) is 6.67. The van der Waals surface area contributed by atoms with E-state index in [9.17, 15) is 18.0 Å². The van der Waals surface area contributed by atoms with Crippen LogP contribution in [0.5, 0.6) is 0 Å². The van der Waals surface area contributed by atoms with E-state index in [-0.39, 0.29) is 18.1 Å². The molecular weight excluding hydrogens is 284 g/mol. The molecule has 0 aromatic rings. The second-order valence-electron chi connectivity index (χ2n) is 4.94. The highest BCUT2D eigenvalue weighted by molar-refractivity contribution is 7.89. The van der Waals surface area contributed by atoms with E-state index >= 15 is 0 Å². The number of amides is 1. The predicted molar refractivity (Wildman–Crippen MR) is 75.7 cm³/mol. The van der Waals surface area contributed by atoms with Crippen molar-refractivity contribution in [3.8, 4) is 0 Å². The monoisotopic (exact) mass is 308 g/mol. The summed E-state index contributed by atoms with van der Waals surface area (Å²) in [5, 5.41) is 11.2. The van der Waals surface area contributed by atoms with Gasteiger partial charge in [0.2, 0.25) is 15.9 Å². The van der Waals surface area contributed by atoms with Gasteiger partial charge in [-0.1, -0.05) is 13.8 Å². The standard InChI is InChI=1S/C12H24N2O5S/c1-4-7-20(18,19)14-10(3)12(17)13-8-9(2)5-6-11(15)16/h9-10,14H,4-8H2,1-3H3,(H,13,17)(H,15,16). The molecule has 118 valence electrons. The number of carboxylic acid groups (broad SMARTS) is 1. The Morgan fingerprint density at radius 3 is 2.35 bits per heavy atom. The van der Waals surface area contributed by atoms with Crippen LogP contribution in [-0.4, -0.2) is 43.7 Å². The number of hydrogen-bond donors (Lipinski definition) is 3. The van der Waals surface area contributed by atoms with E-state index in [0.717, 1.165) is 0 Å². The molecular formula is C12H24N2O5S. The lowest BCUT2D eigenvalue weighted by atomic mass is 10.1. The van der Waals surface area contributed by atoms with Crippen molar-refractivity contribution in [1.29, 1.82) is 0 Å². The predicted octanol–water partition coefficient (Wildman–Crippen LogP) is 0.321. The lowest BCUT2D eigenvalue weighted by Crippen LogP contribution is -2.46. The minimum atomic E-state index is -3.42. The van der Waals surface area contributed by atoms with E-state index in [0.29, 0.717) is 19.4 Å². The van der Waals surface area contributed by atoms with Crippen LogP contribution in [0.25, 0.3) is 0 Å². The quantitative estimate of drug-likeness (QED) is 0.538. The van der Waals surface area contributed by atoms with Gasteiger partial charge in [-0.2, -0.15) is 0 Å². The van der Waals surface area contributed by atoms with Crippen LogP contribution in [-0.2, 0) is 19.6 Å². The normalized spacial score (nSPS) is 14.6. The summed E-state index contributed by atoms with van der Waals surface area (Å²) in [6, 6.07) is -0.835. The van der Waals surface area contributed by atoms with Crippen molar-refractivity contribution in [3.05, 3.63) is 0 Å². The van der Waals surface area contributed by atoms with Crippen LogP contribution in [0, 0.1) is 5.92 Å². The molecule has 2 atom stereocenters. The minimum Gasteiger partial charge on any atom is -0.481 e. The molecule has 1 amide bonds. The van der Waals surface area contributed by atoms with Gasteiger partial charge in [-0.15, -0.1) is 0 Å². The van der Waals surface area contributed by atoms with Gasteiger partial charge in [0.15, 0.2) is 0 Å². The molecule has 0 aromatic heterocycles. The lowest BCUT2D eigenvalue weighted by molar-refractivity contribution is -0.137. The molecule has 0 radical (unpaired) electrons. The molecule has 0 aliphatic heterocycles. The zero-order valence-corrected chi connectivity index (χ0v) is 13.0. The first kappa shape index (κ1) is 18.9. The number of carbonyl (C=O) groups is 2. The molecule has 0 rings (SSSR count). The van der Waals surface area contributed by atoms with Crippen LogP contribution in [0.2, 0.25) is 0 Å². The molecule has 0 aromatic carbocycles. The van der Waals surface area contributed by atoms with Gasteiger partial charge in [-0.05, 0) is 25.7 Å².